The van der Waals surface area contributed by atoms with Gasteiger partial charge in [0.1, 0.15) is 6.10 Å². The van der Waals surface area contributed by atoms with E-state index in [9.17, 15) is 9.59 Å². The Morgan fingerprint density at radius 2 is 2.00 bits per heavy atom. The van der Waals surface area contributed by atoms with Gasteiger partial charge in [-0.15, -0.1) is 0 Å². The largest absolute Gasteiger partial charge is 0.378 e. The van der Waals surface area contributed by atoms with Gasteiger partial charge in [0, 0.05) is 26.4 Å². The predicted octanol–water partition coefficient (Wildman–Crippen LogP) is 2.00. The van der Waals surface area contributed by atoms with Crippen LogP contribution >= 0.6 is 0 Å². The first-order valence-corrected chi connectivity index (χ1v) is 7.44. The maximum Gasteiger partial charge on any atom is 0.253 e. The molecule has 0 aromatic heterocycles. The van der Waals surface area contributed by atoms with Crippen LogP contribution in [-0.2, 0) is 9.53 Å². The summed E-state index contributed by atoms with van der Waals surface area (Å²) < 4.78 is 5.44. The monoisotopic (exact) mass is 307 g/mol. The fraction of sp³-hybridized carbons (Fsp3) is 0.500. The standard InChI is InChI=1S/C16H25N3O3/c1-5-7-14(22-6-2)16(21)18-13-9-8-11(19(3)4)10-12(13)15(17)20/h8-10,14H,5-7H2,1-4H3,(H2,17,20)(H,18,21). The highest BCUT2D eigenvalue weighted by atomic mass is 16.5. The number of rotatable bonds is 8. The van der Waals surface area contributed by atoms with E-state index in [0.29, 0.717) is 18.7 Å². The molecule has 0 saturated carbocycles. The minimum absolute atomic E-state index is 0.260. The highest BCUT2D eigenvalue weighted by Crippen LogP contribution is 2.22. The normalized spacial score (nSPS) is 11.8. The van der Waals surface area contributed by atoms with Gasteiger partial charge in [0.25, 0.3) is 11.8 Å². The van der Waals surface area contributed by atoms with Gasteiger partial charge in [-0.05, 0) is 31.5 Å². The third-order valence-corrected chi connectivity index (χ3v) is 3.25. The van der Waals surface area contributed by atoms with Crippen molar-refractivity contribution in [2.24, 2.45) is 5.73 Å². The SMILES string of the molecule is CCCC(OCC)C(=O)Nc1ccc(N(C)C)cc1C(N)=O. The molecule has 0 aliphatic carbocycles. The van der Waals surface area contributed by atoms with Crippen LogP contribution in [0.25, 0.3) is 0 Å². The smallest absolute Gasteiger partial charge is 0.253 e. The van der Waals surface area contributed by atoms with E-state index < -0.39 is 12.0 Å². The number of primary amides is 1. The summed E-state index contributed by atoms with van der Waals surface area (Å²) in [6.07, 6.45) is 0.936. The summed E-state index contributed by atoms with van der Waals surface area (Å²) in [6, 6.07) is 5.16. The maximum absolute atomic E-state index is 12.3. The van der Waals surface area contributed by atoms with Gasteiger partial charge in [-0.25, -0.2) is 0 Å². The minimum Gasteiger partial charge on any atom is -0.378 e. The van der Waals surface area contributed by atoms with Crippen LogP contribution in [0.1, 0.15) is 37.0 Å². The van der Waals surface area contributed by atoms with Crippen molar-refractivity contribution < 1.29 is 14.3 Å². The molecule has 0 bridgehead atoms. The van der Waals surface area contributed by atoms with Crippen molar-refractivity contribution >= 4 is 23.2 Å². The molecule has 1 rings (SSSR count). The molecule has 0 aliphatic rings. The molecule has 22 heavy (non-hydrogen) atoms. The number of nitrogens with zero attached hydrogens (tertiary/aromatic N) is 1. The Morgan fingerprint density at radius 3 is 2.50 bits per heavy atom. The Labute approximate surface area is 131 Å². The van der Waals surface area contributed by atoms with Crippen LogP contribution in [0, 0.1) is 0 Å². The van der Waals surface area contributed by atoms with Crippen molar-refractivity contribution in [2.45, 2.75) is 32.8 Å². The topological polar surface area (TPSA) is 84.7 Å². The molecule has 6 heteroatoms. The Balaban J connectivity index is 3.00. The van der Waals surface area contributed by atoms with Gasteiger partial charge in [-0.2, -0.15) is 0 Å². The maximum atomic E-state index is 12.3. The summed E-state index contributed by atoms with van der Waals surface area (Å²) >= 11 is 0. The number of anilines is 2. The highest BCUT2D eigenvalue weighted by molar-refractivity contribution is 6.04. The summed E-state index contributed by atoms with van der Waals surface area (Å²) in [5.74, 6) is -0.841. The van der Waals surface area contributed by atoms with E-state index in [1.807, 2.05) is 38.9 Å². The molecule has 1 atom stereocenters. The lowest BCUT2D eigenvalue weighted by atomic mass is 10.1. The molecule has 0 aliphatic heterocycles. The predicted molar refractivity (Wildman–Crippen MR) is 88.2 cm³/mol. The second-order valence-electron chi connectivity index (χ2n) is 5.21. The lowest BCUT2D eigenvalue weighted by Gasteiger charge is -2.19. The first-order valence-electron chi connectivity index (χ1n) is 7.44. The van der Waals surface area contributed by atoms with Gasteiger partial charge in [-0.3, -0.25) is 9.59 Å². The molecule has 0 saturated heterocycles. The van der Waals surface area contributed by atoms with Crippen molar-refractivity contribution in [1.29, 1.82) is 0 Å². The minimum atomic E-state index is -0.581. The van der Waals surface area contributed by atoms with E-state index in [2.05, 4.69) is 5.32 Å². The Morgan fingerprint density at radius 1 is 1.32 bits per heavy atom. The van der Waals surface area contributed by atoms with Gasteiger partial charge in [0.15, 0.2) is 0 Å². The summed E-state index contributed by atoms with van der Waals surface area (Å²) in [4.78, 5) is 25.8. The molecule has 1 aromatic carbocycles. The van der Waals surface area contributed by atoms with Crippen molar-refractivity contribution in [3.8, 4) is 0 Å². The molecular formula is C16H25N3O3. The molecule has 1 unspecified atom stereocenters. The van der Waals surface area contributed by atoms with Gasteiger partial charge in [-0.1, -0.05) is 13.3 Å². The number of hydrogen-bond donors (Lipinski definition) is 2. The zero-order chi connectivity index (χ0) is 16.7. The van der Waals surface area contributed by atoms with Gasteiger partial charge >= 0.3 is 0 Å². The molecule has 2 amide bonds. The first kappa shape index (κ1) is 18.0. The van der Waals surface area contributed by atoms with E-state index in [1.165, 1.54) is 0 Å². The van der Waals surface area contributed by atoms with Gasteiger partial charge in [0.2, 0.25) is 0 Å². The summed E-state index contributed by atoms with van der Waals surface area (Å²) in [7, 11) is 3.73. The second-order valence-corrected chi connectivity index (χ2v) is 5.21. The van der Waals surface area contributed by atoms with Crippen LogP contribution in [0.15, 0.2) is 18.2 Å². The molecule has 1 aromatic rings. The number of carbonyl (C=O) groups is 2. The molecule has 0 fully saturated rings. The van der Waals surface area contributed by atoms with Crippen molar-refractivity contribution in [2.75, 3.05) is 30.9 Å². The van der Waals surface area contributed by atoms with Gasteiger partial charge in [0.05, 0.1) is 11.3 Å². The van der Waals surface area contributed by atoms with Crippen LogP contribution in [-0.4, -0.2) is 38.6 Å². The molecule has 0 radical (unpaired) electrons. The molecule has 3 N–H and O–H groups in total. The fourth-order valence-electron chi connectivity index (χ4n) is 2.09. The number of amides is 2. The number of nitrogens with one attached hydrogen (secondary N) is 1. The fourth-order valence-corrected chi connectivity index (χ4v) is 2.09. The van der Waals surface area contributed by atoms with Crippen LogP contribution in [0.5, 0.6) is 0 Å². The zero-order valence-electron chi connectivity index (χ0n) is 13.7. The molecule has 0 heterocycles. The number of benzene rings is 1. The first-order chi connectivity index (χ1) is 10.4. The second kappa shape index (κ2) is 8.38. The van der Waals surface area contributed by atoms with Crippen molar-refractivity contribution in [3.05, 3.63) is 23.8 Å². The molecule has 122 valence electrons. The Hall–Kier alpha value is -2.08. The molecule has 0 spiro atoms. The number of hydrogen-bond acceptors (Lipinski definition) is 4. The van der Waals surface area contributed by atoms with Crippen LogP contribution in [0.2, 0.25) is 0 Å². The number of ether oxygens (including phenoxy) is 1. The van der Waals surface area contributed by atoms with Crippen LogP contribution < -0.4 is 16.0 Å². The molecular weight excluding hydrogens is 282 g/mol. The van der Waals surface area contributed by atoms with E-state index >= 15 is 0 Å². The van der Waals surface area contributed by atoms with Crippen molar-refractivity contribution in [1.82, 2.24) is 0 Å². The summed E-state index contributed by atoms with van der Waals surface area (Å²) in [5, 5.41) is 2.74. The third kappa shape index (κ3) is 4.73. The summed E-state index contributed by atoms with van der Waals surface area (Å²) in [5.41, 5.74) is 6.94. The third-order valence-electron chi connectivity index (χ3n) is 3.25. The van der Waals surface area contributed by atoms with E-state index in [0.717, 1.165) is 12.1 Å². The van der Waals surface area contributed by atoms with E-state index in [4.69, 9.17) is 10.5 Å². The Kier molecular flexibility index (Phi) is 6.85. The quantitative estimate of drug-likeness (QED) is 0.769. The van der Waals surface area contributed by atoms with Crippen LogP contribution in [0.4, 0.5) is 11.4 Å². The number of nitrogens with two attached hydrogens (primary N) is 1. The lowest BCUT2D eigenvalue weighted by molar-refractivity contribution is -0.127. The number of carbonyl (C=O) groups excluding carboxylic acids is 2. The van der Waals surface area contributed by atoms with Crippen LogP contribution in [0.3, 0.4) is 0 Å². The average molecular weight is 307 g/mol. The average Bonchev–Trinajstić information content (AvgIpc) is 2.46. The van der Waals surface area contributed by atoms with Crippen molar-refractivity contribution in [3.63, 3.8) is 0 Å². The Bertz CT molecular complexity index is 523. The van der Waals surface area contributed by atoms with Gasteiger partial charge < -0.3 is 20.7 Å². The van der Waals surface area contributed by atoms with E-state index in [1.54, 1.807) is 12.1 Å². The molecule has 6 nitrogen and oxygen atoms in total. The lowest BCUT2D eigenvalue weighted by Crippen LogP contribution is -2.31. The van der Waals surface area contributed by atoms with E-state index in [-0.39, 0.29) is 11.5 Å². The zero-order valence-corrected chi connectivity index (χ0v) is 13.7. The summed E-state index contributed by atoms with van der Waals surface area (Å²) in [6.45, 7) is 4.29. The highest BCUT2D eigenvalue weighted by Gasteiger charge is 2.20.